The molecule has 198 valence electrons. The number of amides is 2. The van der Waals surface area contributed by atoms with Gasteiger partial charge >= 0.3 is 0 Å². The molecule has 2 aliphatic heterocycles. The number of carbonyl (C=O) groups is 2. The molecule has 0 aromatic heterocycles. The zero-order valence-electron chi connectivity index (χ0n) is 21.1. The fourth-order valence-electron chi connectivity index (χ4n) is 4.21. The topological polar surface area (TPSA) is 112 Å². The molecule has 0 saturated heterocycles. The van der Waals surface area contributed by atoms with E-state index in [1.54, 1.807) is 59.5 Å². The van der Waals surface area contributed by atoms with Gasteiger partial charge in [0.1, 0.15) is 0 Å². The summed E-state index contributed by atoms with van der Waals surface area (Å²) < 4.78 is 21.5. The molecule has 0 aliphatic carbocycles. The Morgan fingerprint density at radius 3 is 2.16 bits per heavy atom. The van der Waals surface area contributed by atoms with E-state index in [0.717, 1.165) is 0 Å². The number of fused-ring (bicyclic) bond motifs is 2. The predicted molar refractivity (Wildman–Crippen MR) is 142 cm³/mol. The van der Waals surface area contributed by atoms with Gasteiger partial charge in [-0.05, 0) is 72.1 Å². The summed E-state index contributed by atoms with van der Waals surface area (Å²) in [6, 6.07) is 15.3. The van der Waals surface area contributed by atoms with Crippen molar-refractivity contribution in [3.05, 3.63) is 76.3 Å². The monoisotopic (exact) mass is 537 g/mol. The van der Waals surface area contributed by atoms with Crippen LogP contribution in [0.25, 0.3) is 0 Å². The minimum atomic E-state index is -0.344. The van der Waals surface area contributed by atoms with E-state index in [2.05, 4.69) is 5.32 Å². The fourth-order valence-corrected chi connectivity index (χ4v) is 4.39. The van der Waals surface area contributed by atoms with Gasteiger partial charge < -0.3 is 34.9 Å². The number of anilines is 1. The summed E-state index contributed by atoms with van der Waals surface area (Å²) in [5, 5.41) is 3.36. The number of hydrogen-bond donors (Lipinski definition) is 2. The van der Waals surface area contributed by atoms with Gasteiger partial charge in [0.05, 0.1) is 0 Å². The molecule has 2 amide bonds. The van der Waals surface area contributed by atoms with Gasteiger partial charge in [-0.2, -0.15) is 0 Å². The highest BCUT2D eigenvalue weighted by molar-refractivity contribution is 6.31. The maximum atomic E-state index is 13.6. The quantitative estimate of drug-likeness (QED) is 0.429. The number of halogens is 1. The number of nitrogens with zero attached hydrogens (tertiary/aromatic N) is 1. The minimum Gasteiger partial charge on any atom is -0.454 e. The lowest BCUT2D eigenvalue weighted by Crippen LogP contribution is -2.41. The van der Waals surface area contributed by atoms with Gasteiger partial charge in [-0.15, -0.1) is 0 Å². The van der Waals surface area contributed by atoms with Crippen LogP contribution in [-0.4, -0.2) is 43.4 Å². The number of carbonyl (C=O) groups excluding carboxylic acids is 2. The molecule has 5 rings (SSSR count). The first-order valence-electron chi connectivity index (χ1n) is 12.1. The minimum absolute atomic E-state index is 0.122. The third-order valence-electron chi connectivity index (χ3n) is 6.38. The summed E-state index contributed by atoms with van der Waals surface area (Å²) in [6.07, 6.45) is 0. The molecule has 38 heavy (non-hydrogen) atoms. The lowest BCUT2D eigenvalue weighted by Gasteiger charge is -2.32. The van der Waals surface area contributed by atoms with Gasteiger partial charge in [-0.25, -0.2) is 0 Å². The zero-order valence-corrected chi connectivity index (χ0v) is 21.8. The Kier molecular flexibility index (Phi) is 7.05. The molecule has 3 aromatic rings. The van der Waals surface area contributed by atoms with E-state index in [-0.39, 0.29) is 37.4 Å². The first kappa shape index (κ1) is 25.7. The molecule has 0 bridgehead atoms. The molecule has 0 saturated carbocycles. The van der Waals surface area contributed by atoms with Crippen LogP contribution < -0.4 is 30.0 Å². The molecule has 0 fully saturated rings. The maximum absolute atomic E-state index is 13.6. The van der Waals surface area contributed by atoms with E-state index in [0.29, 0.717) is 63.5 Å². The Balaban J connectivity index is 1.38. The van der Waals surface area contributed by atoms with Crippen LogP contribution in [0, 0.1) is 5.41 Å². The lowest BCUT2D eigenvalue weighted by atomic mass is 9.92. The van der Waals surface area contributed by atoms with Crippen LogP contribution in [0.5, 0.6) is 23.0 Å². The van der Waals surface area contributed by atoms with Crippen LogP contribution in [0.3, 0.4) is 0 Å². The summed E-state index contributed by atoms with van der Waals surface area (Å²) in [4.78, 5) is 28.3. The van der Waals surface area contributed by atoms with Crippen molar-refractivity contribution in [1.82, 2.24) is 4.90 Å². The highest BCUT2D eigenvalue weighted by atomic mass is 35.5. The summed E-state index contributed by atoms with van der Waals surface area (Å²) in [5.74, 6) is 1.74. The van der Waals surface area contributed by atoms with Crippen LogP contribution in [0.4, 0.5) is 5.69 Å². The molecular weight excluding hydrogens is 510 g/mol. The Bertz CT molecular complexity index is 1390. The Morgan fingerprint density at radius 1 is 0.895 bits per heavy atom. The van der Waals surface area contributed by atoms with Gasteiger partial charge in [0.25, 0.3) is 11.8 Å². The Morgan fingerprint density at radius 2 is 1.50 bits per heavy atom. The summed E-state index contributed by atoms with van der Waals surface area (Å²) >= 11 is 6.55. The maximum Gasteiger partial charge on any atom is 0.255 e. The number of nitrogens with two attached hydrogens (primary N) is 1. The third kappa shape index (κ3) is 5.49. The second kappa shape index (κ2) is 10.4. The zero-order chi connectivity index (χ0) is 26.9. The van der Waals surface area contributed by atoms with Crippen molar-refractivity contribution >= 4 is 29.1 Å². The van der Waals surface area contributed by atoms with E-state index in [1.165, 1.54) is 0 Å². The molecule has 0 unspecified atom stereocenters. The smallest absolute Gasteiger partial charge is 0.255 e. The first-order valence-corrected chi connectivity index (χ1v) is 12.5. The number of rotatable bonds is 8. The van der Waals surface area contributed by atoms with Crippen LogP contribution in [-0.2, 0) is 6.54 Å². The average Bonchev–Trinajstić information content (AvgIpc) is 3.58. The summed E-state index contributed by atoms with van der Waals surface area (Å²) in [6.45, 7) is 5.23. The lowest BCUT2D eigenvalue weighted by molar-refractivity contribution is 0.0673. The van der Waals surface area contributed by atoms with Crippen molar-refractivity contribution in [3.8, 4) is 23.0 Å². The third-order valence-corrected chi connectivity index (χ3v) is 6.75. The van der Waals surface area contributed by atoms with Gasteiger partial charge in [0.2, 0.25) is 13.6 Å². The average molecular weight is 538 g/mol. The van der Waals surface area contributed by atoms with Crippen LogP contribution in [0.1, 0.15) is 40.1 Å². The predicted octanol–water partition coefficient (Wildman–Crippen LogP) is 4.68. The van der Waals surface area contributed by atoms with E-state index in [4.69, 9.17) is 36.3 Å². The van der Waals surface area contributed by atoms with Gasteiger partial charge in [0.15, 0.2) is 23.0 Å². The molecule has 3 N–H and O–H groups in total. The molecule has 10 heteroatoms. The van der Waals surface area contributed by atoms with Crippen molar-refractivity contribution in [2.75, 3.05) is 32.0 Å². The van der Waals surface area contributed by atoms with Crippen LogP contribution >= 0.6 is 11.6 Å². The molecular formula is C28H28ClN3O6. The largest absolute Gasteiger partial charge is 0.454 e. The van der Waals surface area contributed by atoms with E-state index >= 15 is 0 Å². The highest BCUT2D eigenvalue weighted by Gasteiger charge is 2.27. The van der Waals surface area contributed by atoms with Crippen LogP contribution in [0.2, 0.25) is 5.02 Å². The normalized spacial score (nSPS) is 13.4. The van der Waals surface area contributed by atoms with Crippen molar-refractivity contribution < 1.29 is 28.5 Å². The molecule has 9 nitrogen and oxygen atoms in total. The number of ether oxygens (including phenoxy) is 4. The SMILES string of the molecule is CC(C)(CN)CN(Cc1cc(NC(=O)c2ccc3c(c2)OCO3)ccc1Cl)C(=O)c1ccc2c(c1)OCO2. The fraction of sp³-hybridized carbons (Fsp3) is 0.286. The van der Waals surface area contributed by atoms with Crippen LogP contribution in [0.15, 0.2) is 54.6 Å². The molecule has 2 heterocycles. The second-order valence-electron chi connectivity index (χ2n) is 9.93. The first-order chi connectivity index (χ1) is 18.2. The number of hydrogen-bond acceptors (Lipinski definition) is 7. The summed E-state index contributed by atoms with van der Waals surface area (Å²) in [5.41, 5.74) is 7.76. The number of nitrogens with one attached hydrogen (secondary N) is 1. The van der Waals surface area contributed by atoms with E-state index in [9.17, 15) is 9.59 Å². The van der Waals surface area contributed by atoms with Gasteiger partial charge in [-0.3, -0.25) is 9.59 Å². The van der Waals surface area contributed by atoms with Crippen molar-refractivity contribution in [1.29, 1.82) is 0 Å². The van der Waals surface area contributed by atoms with Crippen molar-refractivity contribution in [3.63, 3.8) is 0 Å². The number of benzene rings is 3. The molecule has 0 spiro atoms. The molecule has 0 radical (unpaired) electrons. The van der Waals surface area contributed by atoms with E-state index in [1.807, 2.05) is 13.8 Å². The molecule has 3 aromatic carbocycles. The highest BCUT2D eigenvalue weighted by Crippen LogP contribution is 2.34. The molecule has 0 atom stereocenters. The van der Waals surface area contributed by atoms with Gasteiger partial charge in [-0.1, -0.05) is 25.4 Å². The standard InChI is InChI=1S/C28H28ClN3O6/c1-28(2,13-30)14-32(27(34)18-4-8-23-25(11-18)38-16-36-23)12-19-9-20(5-6-21(19)29)31-26(33)17-3-7-22-24(10-17)37-15-35-22/h3-11H,12-16,30H2,1-2H3,(H,31,33). The summed E-state index contributed by atoms with van der Waals surface area (Å²) in [7, 11) is 0. The Hall–Kier alpha value is -3.95. The van der Waals surface area contributed by atoms with E-state index < -0.39 is 0 Å². The Labute approximate surface area is 225 Å². The second-order valence-corrected chi connectivity index (χ2v) is 10.3. The van der Waals surface area contributed by atoms with Gasteiger partial charge in [0, 0.05) is 34.9 Å². The molecule has 2 aliphatic rings. The van der Waals surface area contributed by atoms with Crippen molar-refractivity contribution in [2.24, 2.45) is 11.1 Å². The van der Waals surface area contributed by atoms with Crippen molar-refractivity contribution in [2.45, 2.75) is 20.4 Å².